The standard InChI is InChI=1S/C15H17ClN4O/c1-10(2)18-15(21)13-7-8-14(20-19-13)17-9-11-3-5-12(16)6-4-11/h3-8,10H,9H2,1-2H3,(H,17,20)(H,18,21). The summed E-state index contributed by atoms with van der Waals surface area (Å²) in [4.78, 5) is 11.7. The molecule has 5 nitrogen and oxygen atoms in total. The molecule has 0 spiro atoms. The van der Waals surface area contributed by atoms with E-state index in [9.17, 15) is 4.79 Å². The molecule has 2 rings (SSSR count). The number of nitrogens with one attached hydrogen (secondary N) is 2. The van der Waals surface area contributed by atoms with Crippen molar-refractivity contribution in [1.82, 2.24) is 15.5 Å². The van der Waals surface area contributed by atoms with Crippen molar-refractivity contribution < 1.29 is 4.79 Å². The highest BCUT2D eigenvalue weighted by Crippen LogP contribution is 2.11. The molecule has 0 aliphatic heterocycles. The summed E-state index contributed by atoms with van der Waals surface area (Å²) in [6.45, 7) is 4.41. The van der Waals surface area contributed by atoms with Crippen LogP contribution in [-0.4, -0.2) is 22.1 Å². The second-order valence-electron chi connectivity index (χ2n) is 4.91. The Morgan fingerprint density at radius 2 is 1.86 bits per heavy atom. The van der Waals surface area contributed by atoms with Crippen LogP contribution < -0.4 is 10.6 Å². The summed E-state index contributed by atoms with van der Waals surface area (Å²) in [6, 6.07) is 11.0. The lowest BCUT2D eigenvalue weighted by atomic mass is 10.2. The monoisotopic (exact) mass is 304 g/mol. The minimum atomic E-state index is -0.221. The van der Waals surface area contributed by atoms with E-state index in [1.54, 1.807) is 12.1 Å². The number of nitrogens with zero attached hydrogens (tertiary/aromatic N) is 2. The molecule has 0 aliphatic rings. The Hall–Kier alpha value is -2.14. The maximum atomic E-state index is 11.7. The first-order chi connectivity index (χ1) is 10.0. The van der Waals surface area contributed by atoms with Gasteiger partial charge in [-0.1, -0.05) is 23.7 Å². The van der Waals surface area contributed by atoms with E-state index in [-0.39, 0.29) is 11.9 Å². The zero-order valence-corrected chi connectivity index (χ0v) is 12.7. The van der Waals surface area contributed by atoms with Gasteiger partial charge >= 0.3 is 0 Å². The summed E-state index contributed by atoms with van der Waals surface area (Å²) in [6.07, 6.45) is 0. The second-order valence-corrected chi connectivity index (χ2v) is 5.35. The van der Waals surface area contributed by atoms with Gasteiger partial charge in [0.15, 0.2) is 5.69 Å². The molecule has 1 heterocycles. The van der Waals surface area contributed by atoms with Crippen LogP contribution in [-0.2, 0) is 6.54 Å². The maximum Gasteiger partial charge on any atom is 0.271 e. The van der Waals surface area contributed by atoms with Crippen LogP contribution in [0.4, 0.5) is 5.82 Å². The summed E-state index contributed by atoms with van der Waals surface area (Å²) in [5, 5.41) is 14.5. The molecule has 1 aromatic carbocycles. The largest absolute Gasteiger partial charge is 0.365 e. The molecule has 0 fully saturated rings. The number of carbonyl (C=O) groups excluding carboxylic acids is 1. The number of aromatic nitrogens is 2. The van der Waals surface area contributed by atoms with Gasteiger partial charge in [-0.2, -0.15) is 0 Å². The predicted molar refractivity (Wildman–Crippen MR) is 83.4 cm³/mol. The first-order valence-corrected chi connectivity index (χ1v) is 7.05. The maximum absolute atomic E-state index is 11.7. The van der Waals surface area contributed by atoms with Gasteiger partial charge in [-0.05, 0) is 43.7 Å². The van der Waals surface area contributed by atoms with Crippen molar-refractivity contribution in [2.24, 2.45) is 0 Å². The Labute approximate surface area is 128 Å². The third kappa shape index (κ3) is 4.72. The van der Waals surface area contributed by atoms with Crippen molar-refractivity contribution in [2.45, 2.75) is 26.4 Å². The third-order valence-corrected chi connectivity index (χ3v) is 2.96. The van der Waals surface area contributed by atoms with E-state index in [0.29, 0.717) is 23.1 Å². The summed E-state index contributed by atoms with van der Waals surface area (Å²) in [5.41, 5.74) is 1.39. The first-order valence-electron chi connectivity index (χ1n) is 6.67. The molecule has 1 amide bonds. The molecule has 2 N–H and O–H groups in total. The quantitative estimate of drug-likeness (QED) is 0.891. The molecule has 0 aliphatic carbocycles. The summed E-state index contributed by atoms with van der Waals surface area (Å²) >= 11 is 5.83. The van der Waals surface area contributed by atoms with Gasteiger partial charge in [-0.15, -0.1) is 10.2 Å². The lowest BCUT2D eigenvalue weighted by Crippen LogP contribution is -2.30. The van der Waals surface area contributed by atoms with E-state index in [1.807, 2.05) is 38.1 Å². The van der Waals surface area contributed by atoms with Crippen LogP contribution in [0, 0.1) is 0 Å². The van der Waals surface area contributed by atoms with Crippen LogP contribution in [0.25, 0.3) is 0 Å². The lowest BCUT2D eigenvalue weighted by Gasteiger charge is -2.08. The fraction of sp³-hybridized carbons (Fsp3) is 0.267. The number of halogens is 1. The van der Waals surface area contributed by atoms with Crippen LogP contribution in [0.3, 0.4) is 0 Å². The van der Waals surface area contributed by atoms with E-state index in [1.165, 1.54) is 0 Å². The minimum Gasteiger partial charge on any atom is -0.365 e. The highest BCUT2D eigenvalue weighted by atomic mass is 35.5. The fourth-order valence-corrected chi connectivity index (χ4v) is 1.80. The Morgan fingerprint density at radius 1 is 1.14 bits per heavy atom. The number of rotatable bonds is 5. The van der Waals surface area contributed by atoms with Gasteiger partial charge < -0.3 is 10.6 Å². The fourth-order valence-electron chi connectivity index (χ4n) is 1.68. The Kier molecular flexibility index (Phi) is 5.11. The average Bonchev–Trinajstić information content (AvgIpc) is 2.46. The van der Waals surface area contributed by atoms with E-state index in [4.69, 9.17) is 11.6 Å². The number of anilines is 1. The molecule has 1 aromatic heterocycles. The van der Waals surface area contributed by atoms with Gasteiger partial charge in [0.1, 0.15) is 5.82 Å². The van der Waals surface area contributed by atoms with Crippen molar-refractivity contribution in [2.75, 3.05) is 5.32 Å². The molecule has 0 bridgehead atoms. The van der Waals surface area contributed by atoms with Crippen LogP contribution in [0.15, 0.2) is 36.4 Å². The van der Waals surface area contributed by atoms with E-state index in [2.05, 4.69) is 20.8 Å². The van der Waals surface area contributed by atoms with Gasteiger partial charge in [0.05, 0.1) is 0 Å². The van der Waals surface area contributed by atoms with Gasteiger partial charge in [0.25, 0.3) is 5.91 Å². The third-order valence-electron chi connectivity index (χ3n) is 2.70. The molecular formula is C15H17ClN4O. The van der Waals surface area contributed by atoms with Gasteiger partial charge in [0, 0.05) is 17.6 Å². The molecule has 0 radical (unpaired) electrons. The van der Waals surface area contributed by atoms with Crippen molar-refractivity contribution in [3.8, 4) is 0 Å². The molecule has 21 heavy (non-hydrogen) atoms. The summed E-state index contributed by atoms with van der Waals surface area (Å²) < 4.78 is 0. The highest BCUT2D eigenvalue weighted by molar-refractivity contribution is 6.30. The molecule has 0 saturated carbocycles. The second kappa shape index (κ2) is 7.04. The van der Waals surface area contributed by atoms with Crippen molar-refractivity contribution >= 4 is 23.3 Å². The number of hydrogen-bond donors (Lipinski definition) is 2. The normalized spacial score (nSPS) is 10.5. The zero-order valence-electron chi connectivity index (χ0n) is 11.9. The molecule has 2 aromatic rings. The highest BCUT2D eigenvalue weighted by Gasteiger charge is 2.08. The predicted octanol–water partition coefficient (Wildman–Crippen LogP) is 2.88. The number of carbonyl (C=O) groups is 1. The summed E-state index contributed by atoms with van der Waals surface area (Å²) in [7, 11) is 0. The summed E-state index contributed by atoms with van der Waals surface area (Å²) in [5.74, 6) is 0.396. The Bertz CT molecular complexity index is 596. The minimum absolute atomic E-state index is 0.0713. The van der Waals surface area contributed by atoms with E-state index < -0.39 is 0 Å². The van der Waals surface area contributed by atoms with Crippen molar-refractivity contribution in [1.29, 1.82) is 0 Å². The van der Waals surface area contributed by atoms with E-state index in [0.717, 1.165) is 5.56 Å². The number of hydrogen-bond acceptors (Lipinski definition) is 4. The smallest absolute Gasteiger partial charge is 0.271 e. The van der Waals surface area contributed by atoms with Crippen LogP contribution in [0.5, 0.6) is 0 Å². The van der Waals surface area contributed by atoms with Crippen LogP contribution in [0.2, 0.25) is 5.02 Å². The Morgan fingerprint density at radius 3 is 2.43 bits per heavy atom. The number of benzene rings is 1. The van der Waals surface area contributed by atoms with E-state index >= 15 is 0 Å². The van der Waals surface area contributed by atoms with Crippen LogP contribution in [0.1, 0.15) is 29.9 Å². The van der Waals surface area contributed by atoms with Gasteiger partial charge in [0.2, 0.25) is 0 Å². The molecule has 0 unspecified atom stereocenters. The molecule has 0 saturated heterocycles. The molecular weight excluding hydrogens is 288 g/mol. The van der Waals surface area contributed by atoms with Crippen molar-refractivity contribution in [3.63, 3.8) is 0 Å². The zero-order chi connectivity index (χ0) is 15.2. The van der Waals surface area contributed by atoms with Gasteiger partial charge in [-0.3, -0.25) is 4.79 Å². The lowest BCUT2D eigenvalue weighted by molar-refractivity contribution is 0.0937. The SMILES string of the molecule is CC(C)NC(=O)c1ccc(NCc2ccc(Cl)cc2)nn1. The molecule has 110 valence electrons. The average molecular weight is 305 g/mol. The van der Waals surface area contributed by atoms with Gasteiger partial charge in [-0.25, -0.2) is 0 Å². The molecule has 0 atom stereocenters. The first kappa shape index (κ1) is 15.3. The van der Waals surface area contributed by atoms with Crippen LogP contribution >= 0.6 is 11.6 Å². The topological polar surface area (TPSA) is 66.9 Å². The Balaban J connectivity index is 1.93. The number of amides is 1. The molecule has 6 heteroatoms. The van der Waals surface area contributed by atoms with Crippen molar-refractivity contribution in [3.05, 3.63) is 52.7 Å².